The second-order valence-corrected chi connectivity index (χ2v) is 9.57. The third kappa shape index (κ3) is 7.41. The summed E-state index contributed by atoms with van der Waals surface area (Å²) in [6.45, 7) is 2.64. The van der Waals surface area contributed by atoms with Crippen molar-refractivity contribution in [3.8, 4) is 11.1 Å². The molecule has 0 fully saturated rings. The lowest BCUT2D eigenvalue weighted by atomic mass is 9.94. The third-order valence-corrected chi connectivity index (χ3v) is 6.66. The average Bonchev–Trinajstić information content (AvgIpc) is 2.97. The fourth-order valence-corrected chi connectivity index (χ4v) is 4.43. The van der Waals surface area contributed by atoms with Crippen molar-refractivity contribution in [2.75, 3.05) is 13.1 Å². The Morgan fingerprint density at radius 2 is 1.32 bits per heavy atom. The molecule has 0 heterocycles. The number of carboxylic acid groups (broad SMARTS) is 1. The first kappa shape index (κ1) is 28.2. The van der Waals surface area contributed by atoms with E-state index in [1.807, 2.05) is 31.2 Å². The van der Waals surface area contributed by atoms with Gasteiger partial charge in [0.1, 0.15) is 5.82 Å². The number of aryl methyl sites for hydroxylation is 1. The topological polar surface area (TPSA) is 86.7 Å². The summed E-state index contributed by atoms with van der Waals surface area (Å²) < 4.78 is 13.2. The molecule has 0 aliphatic heterocycles. The van der Waals surface area contributed by atoms with Crippen LogP contribution in [0, 0.1) is 12.7 Å². The number of hydrogen-bond acceptors (Lipinski definition) is 3. The lowest BCUT2D eigenvalue weighted by Crippen LogP contribution is -2.35. The summed E-state index contributed by atoms with van der Waals surface area (Å²) in [5.74, 6) is -1.96. The van der Waals surface area contributed by atoms with Crippen molar-refractivity contribution >= 4 is 17.8 Å². The monoisotopic (exact) mass is 538 g/mol. The smallest absolute Gasteiger partial charge is 0.305 e. The SMILES string of the molecule is Cc1ccc(CCN(CCC(=O)O)C(=O)c2ccccc2-c2ccccc2C(=O)NCc2ccc(F)cc2)cc1. The van der Waals surface area contributed by atoms with Gasteiger partial charge in [-0.05, 0) is 59.9 Å². The molecule has 204 valence electrons. The van der Waals surface area contributed by atoms with Crippen molar-refractivity contribution < 1.29 is 23.9 Å². The Kier molecular flexibility index (Phi) is 9.41. The Morgan fingerprint density at radius 1 is 0.750 bits per heavy atom. The van der Waals surface area contributed by atoms with E-state index in [-0.39, 0.29) is 37.1 Å². The normalized spacial score (nSPS) is 10.7. The number of benzene rings is 4. The highest BCUT2D eigenvalue weighted by Gasteiger charge is 2.22. The van der Waals surface area contributed by atoms with E-state index in [0.29, 0.717) is 35.2 Å². The maximum atomic E-state index is 13.8. The molecular formula is C33H31FN2O4. The van der Waals surface area contributed by atoms with E-state index >= 15 is 0 Å². The quantitative estimate of drug-likeness (QED) is 0.249. The van der Waals surface area contributed by atoms with Gasteiger partial charge < -0.3 is 15.3 Å². The van der Waals surface area contributed by atoms with Crippen LogP contribution in [0.4, 0.5) is 4.39 Å². The highest BCUT2D eigenvalue weighted by atomic mass is 19.1. The van der Waals surface area contributed by atoms with Crippen molar-refractivity contribution in [3.63, 3.8) is 0 Å². The molecule has 7 heteroatoms. The fraction of sp³-hybridized carbons (Fsp3) is 0.182. The fourth-order valence-electron chi connectivity index (χ4n) is 4.43. The number of carboxylic acids is 1. The maximum absolute atomic E-state index is 13.8. The van der Waals surface area contributed by atoms with Crippen molar-refractivity contribution in [3.05, 3.63) is 131 Å². The van der Waals surface area contributed by atoms with Gasteiger partial charge >= 0.3 is 5.97 Å². The number of rotatable bonds is 11. The van der Waals surface area contributed by atoms with Crippen LogP contribution in [0.15, 0.2) is 97.1 Å². The van der Waals surface area contributed by atoms with Gasteiger partial charge in [-0.25, -0.2) is 4.39 Å². The average molecular weight is 539 g/mol. The van der Waals surface area contributed by atoms with Gasteiger partial charge in [0.2, 0.25) is 0 Å². The molecule has 0 aliphatic rings. The predicted molar refractivity (Wildman–Crippen MR) is 152 cm³/mol. The number of halogens is 1. The highest BCUT2D eigenvalue weighted by molar-refractivity contribution is 6.06. The number of carbonyl (C=O) groups is 3. The second-order valence-electron chi connectivity index (χ2n) is 9.57. The summed E-state index contributed by atoms with van der Waals surface area (Å²) >= 11 is 0. The van der Waals surface area contributed by atoms with Crippen LogP contribution >= 0.6 is 0 Å². The first-order chi connectivity index (χ1) is 19.3. The van der Waals surface area contributed by atoms with Gasteiger partial charge in [-0.15, -0.1) is 0 Å². The van der Waals surface area contributed by atoms with Crippen LogP contribution in [0.2, 0.25) is 0 Å². The van der Waals surface area contributed by atoms with E-state index in [1.165, 1.54) is 12.1 Å². The third-order valence-electron chi connectivity index (χ3n) is 6.66. The molecule has 4 aromatic carbocycles. The lowest BCUT2D eigenvalue weighted by molar-refractivity contribution is -0.137. The van der Waals surface area contributed by atoms with Gasteiger partial charge in [0.15, 0.2) is 0 Å². The zero-order valence-corrected chi connectivity index (χ0v) is 22.3. The van der Waals surface area contributed by atoms with Gasteiger partial charge in [-0.1, -0.05) is 78.4 Å². The minimum Gasteiger partial charge on any atom is -0.481 e. The number of aliphatic carboxylic acids is 1. The Morgan fingerprint density at radius 3 is 1.98 bits per heavy atom. The van der Waals surface area contributed by atoms with E-state index < -0.39 is 5.97 Å². The minimum absolute atomic E-state index is 0.0637. The van der Waals surface area contributed by atoms with Crippen LogP contribution < -0.4 is 5.32 Å². The van der Waals surface area contributed by atoms with Gasteiger partial charge in [-0.3, -0.25) is 14.4 Å². The van der Waals surface area contributed by atoms with Gasteiger partial charge in [0, 0.05) is 30.8 Å². The molecular weight excluding hydrogens is 507 g/mol. The molecule has 0 unspecified atom stereocenters. The van der Waals surface area contributed by atoms with Gasteiger partial charge in [0.05, 0.1) is 6.42 Å². The van der Waals surface area contributed by atoms with Crippen LogP contribution in [-0.4, -0.2) is 40.9 Å². The number of carbonyl (C=O) groups excluding carboxylic acids is 2. The molecule has 2 amide bonds. The zero-order valence-electron chi connectivity index (χ0n) is 22.3. The zero-order chi connectivity index (χ0) is 28.5. The molecule has 0 bridgehead atoms. The van der Waals surface area contributed by atoms with E-state index in [0.717, 1.165) is 16.7 Å². The van der Waals surface area contributed by atoms with Crippen molar-refractivity contribution in [1.29, 1.82) is 0 Å². The Bertz CT molecular complexity index is 1480. The van der Waals surface area contributed by atoms with Crippen LogP contribution in [0.3, 0.4) is 0 Å². The molecule has 0 saturated heterocycles. The van der Waals surface area contributed by atoms with Crippen molar-refractivity contribution in [2.45, 2.75) is 26.3 Å². The molecule has 0 atom stereocenters. The summed E-state index contributed by atoms with van der Waals surface area (Å²) in [5.41, 5.74) is 4.88. The Labute approximate surface area is 233 Å². The lowest BCUT2D eigenvalue weighted by Gasteiger charge is -2.24. The molecule has 40 heavy (non-hydrogen) atoms. The highest BCUT2D eigenvalue weighted by Crippen LogP contribution is 2.28. The van der Waals surface area contributed by atoms with E-state index in [2.05, 4.69) is 5.32 Å². The summed E-state index contributed by atoms with van der Waals surface area (Å²) in [6, 6.07) is 28.0. The number of amides is 2. The van der Waals surface area contributed by atoms with Crippen molar-refractivity contribution in [1.82, 2.24) is 10.2 Å². The van der Waals surface area contributed by atoms with Gasteiger partial charge in [0.25, 0.3) is 11.8 Å². The van der Waals surface area contributed by atoms with Gasteiger partial charge in [-0.2, -0.15) is 0 Å². The Balaban J connectivity index is 1.59. The van der Waals surface area contributed by atoms with E-state index in [1.54, 1.807) is 65.6 Å². The number of nitrogens with one attached hydrogen (secondary N) is 1. The molecule has 2 N–H and O–H groups in total. The minimum atomic E-state index is -0.982. The van der Waals surface area contributed by atoms with E-state index in [9.17, 15) is 23.9 Å². The maximum Gasteiger partial charge on any atom is 0.305 e. The molecule has 4 aromatic rings. The Hall–Kier alpha value is -4.78. The molecule has 0 aliphatic carbocycles. The molecule has 6 nitrogen and oxygen atoms in total. The molecule has 0 radical (unpaired) electrons. The first-order valence-electron chi connectivity index (χ1n) is 13.1. The summed E-state index contributed by atoms with van der Waals surface area (Å²) in [6.07, 6.45) is 0.403. The van der Waals surface area contributed by atoms with Crippen LogP contribution in [0.5, 0.6) is 0 Å². The first-order valence-corrected chi connectivity index (χ1v) is 13.1. The molecule has 4 rings (SSSR count). The second kappa shape index (κ2) is 13.3. The molecule has 0 spiro atoms. The molecule has 0 aromatic heterocycles. The van der Waals surface area contributed by atoms with Crippen LogP contribution in [0.25, 0.3) is 11.1 Å². The number of nitrogens with zero attached hydrogens (tertiary/aromatic N) is 1. The summed E-state index contributed by atoms with van der Waals surface area (Å²) in [4.78, 5) is 40.0. The number of hydrogen-bond donors (Lipinski definition) is 2. The van der Waals surface area contributed by atoms with Crippen molar-refractivity contribution in [2.24, 2.45) is 0 Å². The van der Waals surface area contributed by atoms with E-state index in [4.69, 9.17) is 0 Å². The largest absolute Gasteiger partial charge is 0.481 e. The predicted octanol–water partition coefficient (Wildman–Crippen LogP) is 5.89. The summed E-state index contributed by atoms with van der Waals surface area (Å²) in [5, 5.41) is 12.2. The van der Waals surface area contributed by atoms with Crippen LogP contribution in [0.1, 0.15) is 43.8 Å². The molecule has 0 saturated carbocycles. The summed E-state index contributed by atoms with van der Waals surface area (Å²) in [7, 11) is 0. The van der Waals surface area contributed by atoms with Crippen LogP contribution in [-0.2, 0) is 17.8 Å². The standard InChI is InChI=1S/C33H31FN2O4/c1-23-10-12-24(13-11-23)18-20-36(21-19-31(37)38)33(40)30-9-5-3-7-28(30)27-6-2-4-8-29(27)32(39)35-22-25-14-16-26(34)17-15-25/h2-17H,18-22H2,1H3,(H,35,39)(H,37,38).